The van der Waals surface area contributed by atoms with Crippen molar-refractivity contribution in [1.29, 1.82) is 0 Å². The fraction of sp³-hybridized carbons (Fsp3) is 0.583. The number of aliphatic hydroxyl groups excluding tert-OH is 1. The van der Waals surface area contributed by atoms with E-state index in [1.54, 1.807) is 11.8 Å². The van der Waals surface area contributed by atoms with E-state index in [0.717, 1.165) is 22.9 Å². The van der Waals surface area contributed by atoms with Gasteiger partial charge in [0.05, 0.1) is 11.6 Å². The molecule has 0 aliphatic heterocycles. The first-order valence-corrected chi connectivity index (χ1v) is 6.39. The van der Waals surface area contributed by atoms with E-state index in [1.165, 1.54) is 5.56 Å². The molecule has 0 saturated carbocycles. The lowest BCUT2D eigenvalue weighted by atomic mass is 10.0. The van der Waals surface area contributed by atoms with Gasteiger partial charge < -0.3 is 10.8 Å². The summed E-state index contributed by atoms with van der Waals surface area (Å²) in [5.41, 5.74) is 7.65. The van der Waals surface area contributed by atoms with Crippen LogP contribution < -0.4 is 5.73 Å². The normalized spacial score (nSPS) is 14.8. The van der Waals surface area contributed by atoms with Gasteiger partial charge in [0.15, 0.2) is 0 Å². The lowest BCUT2D eigenvalue weighted by Gasteiger charge is -2.20. The van der Waals surface area contributed by atoms with Gasteiger partial charge in [-0.2, -0.15) is 0 Å². The molecule has 1 atom stereocenters. The largest absolute Gasteiger partial charge is 0.394 e. The van der Waals surface area contributed by atoms with Crippen LogP contribution in [-0.4, -0.2) is 28.0 Å². The van der Waals surface area contributed by atoms with E-state index in [1.807, 2.05) is 13.8 Å². The number of nitrogens with two attached hydrogens (primary N) is 1. The zero-order valence-electron chi connectivity index (χ0n) is 10.2. The molecule has 0 aliphatic carbocycles. The van der Waals surface area contributed by atoms with Crippen LogP contribution >= 0.6 is 11.8 Å². The average molecular weight is 240 g/mol. The molecule has 3 nitrogen and oxygen atoms in total. The number of aliphatic hydroxyl groups is 1. The molecule has 0 amide bonds. The summed E-state index contributed by atoms with van der Waals surface area (Å²) in [6.07, 6.45) is 0.781. The zero-order valence-corrected chi connectivity index (χ0v) is 11.0. The fourth-order valence-electron chi connectivity index (χ4n) is 1.35. The van der Waals surface area contributed by atoms with Crippen molar-refractivity contribution < 1.29 is 5.11 Å². The number of aromatic nitrogens is 1. The molecular formula is C12H20N2OS. The lowest BCUT2D eigenvalue weighted by molar-refractivity contribution is 0.206. The van der Waals surface area contributed by atoms with Crippen LogP contribution in [0.5, 0.6) is 0 Å². The van der Waals surface area contributed by atoms with Gasteiger partial charge in [-0.3, -0.25) is 0 Å². The van der Waals surface area contributed by atoms with E-state index in [9.17, 15) is 0 Å². The number of nitrogens with zero attached hydrogens (tertiary/aromatic N) is 1. The van der Waals surface area contributed by atoms with Gasteiger partial charge in [0, 0.05) is 17.0 Å². The Labute approximate surface area is 101 Å². The number of pyridine rings is 1. The summed E-state index contributed by atoms with van der Waals surface area (Å²) in [6.45, 7) is 5.95. The van der Waals surface area contributed by atoms with E-state index in [0.29, 0.717) is 0 Å². The molecule has 0 spiro atoms. The molecule has 0 bridgehead atoms. The van der Waals surface area contributed by atoms with Crippen molar-refractivity contribution in [3.05, 3.63) is 23.4 Å². The van der Waals surface area contributed by atoms with Crippen molar-refractivity contribution in [2.45, 2.75) is 37.8 Å². The topological polar surface area (TPSA) is 59.1 Å². The highest BCUT2D eigenvalue weighted by molar-refractivity contribution is 7.99. The van der Waals surface area contributed by atoms with E-state index < -0.39 is 5.54 Å². The summed E-state index contributed by atoms with van der Waals surface area (Å²) >= 11 is 1.69. The van der Waals surface area contributed by atoms with Crippen molar-refractivity contribution in [3.8, 4) is 0 Å². The molecule has 3 N–H and O–H groups in total. The van der Waals surface area contributed by atoms with Crippen LogP contribution in [0.1, 0.15) is 24.6 Å². The van der Waals surface area contributed by atoms with Gasteiger partial charge >= 0.3 is 0 Å². The van der Waals surface area contributed by atoms with Crippen LogP contribution in [0.25, 0.3) is 0 Å². The van der Waals surface area contributed by atoms with Crippen LogP contribution in [0.2, 0.25) is 0 Å². The Bertz CT molecular complexity index is 333. The fourth-order valence-corrected chi connectivity index (χ4v) is 2.60. The predicted octanol–water partition coefficient (Wildman–Crippen LogP) is 1.89. The minimum atomic E-state index is -0.480. The second-order valence-electron chi connectivity index (χ2n) is 4.53. The highest BCUT2D eigenvalue weighted by Gasteiger charge is 2.16. The molecule has 90 valence electrons. The Kier molecular flexibility index (Phi) is 4.77. The van der Waals surface area contributed by atoms with Crippen molar-refractivity contribution in [2.75, 3.05) is 12.4 Å². The Hall–Kier alpha value is -0.580. The minimum Gasteiger partial charge on any atom is -0.394 e. The average Bonchev–Trinajstić information content (AvgIpc) is 2.16. The summed E-state index contributed by atoms with van der Waals surface area (Å²) in [6, 6.07) is 4.13. The molecule has 0 aromatic carbocycles. The van der Waals surface area contributed by atoms with E-state index in [-0.39, 0.29) is 6.61 Å². The summed E-state index contributed by atoms with van der Waals surface area (Å²) < 4.78 is 0. The summed E-state index contributed by atoms with van der Waals surface area (Å²) in [7, 11) is 0. The zero-order chi connectivity index (χ0) is 12.2. The molecule has 1 heterocycles. The number of aryl methyl sites for hydroxylation is 2. The van der Waals surface area contributed by atoms with Crippen molar-refractivity contribution >= 4 is 11.8 Å². The van der Waals surface area contributed by atoms with Crippen LogP contribution in [0.15, 0.2) is 17.2 Å². The van der Waals surface area contributed by atoms with Gasteiger partial charge in [-0.05, 0) is 44.9 Å². The molecule has 1 unspecified atom stereocenters. The molecule has 16 heavy (non-hydrogen) atoms. The highest BCUT2D eigenvalue weighted by atomic mass is 32.2. The van der Waals surface area contributed by atoms with E-state index >= 15 is 0 Å². The molecule has 0 aliphatic rings. The lowest BCUT2D eigenvalue weighted by Crippen LogP contribution is -2.40. The highest BCUT2D eigenvalue weighted by Crippen LogP contribution is 2.20. The number of thioether (sulfide) groups is 1. The third-order valence-electron chi connectivity index (χ3n) is 2.36. The van der Waals surface area contributed by atoms with Crippen LogP contribution in [0.4, 0.5) is 0 Å². The first kappa shape index (κ1) is 13.5. The van der Waals surface area contributed by atoms with Crippen LogP contribution in [0, 0.1) is 13.8 Å². The van der Waals surface area contributed by atoms with E-state index in [4.69, 9.17) is 10.8 Å². The molecule has 1 rings (SSSR count). The Balaban J connectivity index is 2.49. The van der Waals surface area contributed by atoms with Crippen LogP contribution in [0.3, 0.4) is 0 Å². The molecule has 1 aromatic heterocycles. The van der Waals surface area contributed by atoms with Crippen molar-refractivity contribution in [3.63, 3.8) is 0 Å². The SMILES string of the molecule is Cc1cc(C)nc(SCCC(C)(N)CO)c1. The summed E-state index contributed by atoms with van der Waals surface area (Å²) in [5, 5.41) is 10.1. The van der Waals surface area contributed by atoms with Crippen LogP contribution in [-0.2, 0) is 0 Å². The van der Waals surface area contributed by atoms with Gasteiger partial charge in [-0.25, -0.2) is 4.98 Å². The molecule has 1 aromatic rings. The smallest absolute Gasteiger partial charge is 0.0965 e. The second kappa shape index (κ2) is 5.66. The van der Waals surface area contributed by atoms with Gasteiger partial charge in [-0.15, -0.1) is 11.8 Å². The van der Waals surface area contributed by atoms with Crippen molar-refractivity contribution in [2.24, 2.45) is 5.73 Å². The van der Waals surface area contributed by atoms with Gasteiger partial charge in [0.1, 0.15) is 0 Å². The first-order valence-electron chi connectivity index (χ1n) is 5.41. The standard InChI is InChI=1S/C12H20N2OS/c1-9-6-10(2)14-11(7-9)16-5-4-12(3,13)8-15/h6-7,15H,4-5,8,13H2,1-3H3. The third kappa shape index (κ3) is 4.51. The maximum Gasteiger partial charge on any atom is 0.0965 e. The van der Waals surface area contributed by atoms with E-state index in [2.05, 4.69) is 24.0 Å². The summed E-state index contributed by atoms with van der Waals surface area (Å²) in [4.78, 5) is 4.44. The second-order valence-corrected chi connectivity index (χ2v) is 5.65. The third-order valence-corrected chi connectivity index (χ3v) is 3.27. The molecular weight excluding hydrogens is 220 g/mol. The Morgan fingerprint density at radius 2 is 2.12 bits per heavy atom. The Morgan fingerprint density at radius 1 is 1.44 bits per heavy atom. The maximum absolute atomic E-state index is 9.03. The number of rotatable bonds is 5. The molecule has 0 fully saturated rings. The number of hydrogen-bond acceptors (Lipinski definition) is 4. The van der Waals surface area contributed by atoms with Gasteiger partial charge in [0.25, 0.3) is 0 Å². The number of hydrogen-bond donors (Lipinski definition) is 2. The minimum absolute atomic E-state index is 0.0217. The monoisotopic (exact) mass is 240 g/mol. The van der Waals surface area contributed by atoms with Gasteiger partial charge in [0.2, 0.25) is 0 Å². The predicted molar refractivity (Wildman–Crippen MR) is 68.7 cm³/mol. The molecule has 0 radical (unpaired) electrons. The summed E-state index contributed by atoms with van der Waals surface area (Å²) in [5.74, 6) is 0.878. The maximum atomic E-state index is 9.03. The van der Waals surface area contributed by atoms with Gasteiger partial charge in [-0.1, -0.05) is 0 Å². The Morgan fingerprint density at radius 3 is 2.69 bits per heavy atom. The first-order chi connectivity index (χ1) is 7.43. The molecule has 0 saturated heterocycles. The van der Waals surface area contributed by atoms with Crippen molar-refractivity contribution in [1.82, 2.24) is 4.98 Å². The molecule has 4 heteroatoms. The quantitative estimate of drug-likeness (QED) is 0.772.